The quantitative estimate of drug-likeness (QED) is 0.729. The number of hydrogen-bond acceptors (Lipinski definition) is 6. The highest BCUT2D eigenvalue weighted by atomic mass is 16.5. The number of rotatable bonds is 4. The Hall–Kier alpha value is -3.13. The molecule has 2 aromatic rings. The second-order valence-electron chi connectivity index (χ2n) is 8.38. The van der Waals surface area contributed by atoms with Crippen LogP contribution in [-0.4, -0.2) is 85.2 Å². The van der Waals surface area contributed by atoms with Crippen LogP contribution in [0.1, 0.15) is 34.6 Å². The van der Waals surface area contributed by atoms with E-state index in [9.17, 15) is 9.59 Å². The lowest BCUT2D eigenvalue weighted by molar-refractivity contribution is -0.00546. The summed E-state index contributed by atoms with van der Waals surface area (Å²) in [7, 11) is 1.58. The van der Waals surface area contributed by atoms with E-state index in [1.807, 2.05) is 18.2 Å². The van der Waals surface area contributed by atoms with Crippen molar-refractivity contribution in [2.24, 2.45) is 0 Å². The van der Waals surface area contributed by atoms with Gasteiger partial charge >= 0.3 is 0 Å². The molecule has 2 unspecified atom stereocenters. The van der Waals surface area contributed by atoms with Gasteiger partial charge in [0, 0.05) is 51.0 Å². The van der Waals surface area contributed by atoms with Crippen molar-refractivity contribution >= 4 is 17.6 Å². The molecule has 2 atom stereocenters. The fourth-order valence-electron chi connectivity index (χ4n) is 4.30. The first kappa shape index (κ1) is 22.1. The number of anilines is 1. The number of methoxy groups -OCH3 is 1. The van der Waals surface area contributed by atoms with Gasteiger partial charge in [0.15, 0.2) is 0 Å². The van der Waals surface area contributed by atoms with E-state index in [-0.39, 0.29) is 24.0 Å². The SMILES string of the molecule is COc1cccc(C(=O)N2CCN(C(=O)c3ccc(N4CC(C)OC(C)C4)nc3)CC2)c1. The zero-order valence-electron chi connectivity index (χ0n) is 18.9. The highest BCUT2D eigenvalue weighted by Gasteiger charge is 2.27. The molecule has 0 spiro atoms. The van der Waals surface area contributed by atoms with E-state index in [2.05, 4.69) is 23.7 Å². The van der Waals surface area contributed by atoms with E-state index in [0.29, 0.717) is 43.1 Å². The first-order valence-electron chi connectivity index (χ1n) is 11.0. The summed E-state index contributed by atoms with van der Waals surface area (Å²) in [6.07, 6.45) is 1.95. The van der Waals surface area contributed by atoms with Crippen LogP contribution in [0.2, 0.25) is 0 Å². The molecule has 0 bridgehead atoms. The molecule has 8 nitrogen and oxygen atoms in total. The average molecular weight is 439 g/mol. The topological polar surface area (TPSA) is 75.2 Å². The number of nitrogens with zero attached hydrogens (tertiary/aromatic N) is 4. The predicted octanol–water partition coefficient (Wildman–Crippen LogP) is 2.30. The van der Waals surface area contributed by atoms with E-state index in [1.54, 1.807) is 41.3 Å². The maximum atomic E-state index is 13.0. The zero-order chi connectivity index (χ0) is 22.7. The molecule has 1 aromatic carbocycles. The molecule has 3 heterocycles. The Labute approximate surface area is 188 Å². The molecule has 2 amide bonds. The summed E-state index contributed by atoms with van der Waals surface area (Å²) in [5.41, 5.74) is 1.16. The van der Waals surface area contributed by atoms with Crippen molar-refractivity contribution in [2.45, 2.75) is 26.1 Å². The molecular weight excluding hydrogens is 408 g/mol. The lowest BCUT2D eigenvalue weighted by atomic mass is 10.1. The van der Waals surface area contributed by atoms with Gasteiger partial charge in [-0.3, -0.25) is 9.59 Å². The van der Waals surface area contributed by atoms with Gasteiger partial charge in [-0.15, -0.1) is 0 Å². The average Bonchev–Trinajstić information content (AvgIpc) is 2.83. The summed E-state index contributed by atoms with van der Waals surface area (Å²) in [6.45, 7) is 7.66. The van der Waals surface area contributed by atoms with E-state index in [0.717, 1.165) is 18.9 Å². The summed E-state index contributed by atoms with van der Waals surface area (Å²) in [6, 6.07) is 10.9. The first-order valence-corrected chi connectivity index (χ1v) is 11.0. The molecule has 0 saturated carbocycles. The maximum Gasteiger partial charge on any atom is 0.255 e. The normalized spacial score (nSPS) is 21.4. The number of piperazine rings is 1. The Balaban J connectivity index is 1.34. The Kier molecular flexibility index (Phi) is 6.60. The molecule has 2 aliphatic rings. The van der Waals surface area contributed by atoms with Crippen LogP contribution in [0.4, 0.5) is 5.82 Å². The van der Waals surface area contributed by atoms with Crippen LogP contribution in [0.15, 0.2) is 42.6 Å². The van der Waals surface area contributed by atoms with Crippen molar-refractivity contribution in [2.75, 3.05) is 51.3 Å². The molecule has 2 aliphatic heterocycles. The smallest absolute Gasteiger partial charge is 0.255 e. The monoisotopic (exact) mass is 438 g/mol. The van der Waals surface area contributed by atoms with Crippen LogP contribution in [0.5, 0.6) is 5.75 Å². The lowest BCUT2D eigenvalue weighted by Gasteiger charge is -2.36. The van der Waals surface area contributed by atoms with E-state index >= 15 is 0 Å². The fourth-order valence-corrected chi connectivity index (χ4v) is 4.30. The van der Waals surface area contributed by atoms with Crippen LogP contribution in [0.25, 0.3) is 0 Å². The van der Waals surface area contributed by atoms with Gasteiger partial charge in [0.25, 0.3) is 11.8 Å². The summed E-state index contributed by atoms with van der Waals surface area (Å²) < 4.78 is 11.0. The van der Waals surface area contributed by atoms with Gasteiger partial charge in [-0.1, -0.05) is 6.07 Å². The van der Waals surface area contributed by atoms with Gasteiger partial charge in [-0.25, -0.2) is 4.98 Å². The molecule has 2 fully saturated rings. The number of pyridine rings is 1. The Morgan fingerprint density at radius 3 is 2.12 bits per heavy atom. The molecular formula is C24H30N4O4. The summed E-state index contributed by atoms with van der Waals surface area (Å²) in [5, 5.41) is 0. The number of amides is 2. The van der Waals surface area contributed by atoms with Crippen molar-refractivity contribution in [3.05, 3.63) is 53.7 Å². The summed E-state index contributed by atoms with van der Waals surface area (Å²) >= 11 is 0. The largest absolute Gasteiger partial charge is 0.497 e. The fraction of sp³-hybridized carbons (Fsp3) is 0.458. The Bertz CT molecular complexity index is 947. The van der Waals surface area contributed by atoms with Gasteiger partial charge in [-0.2, -0.15) is 0 Å². The van der Waals surface area contributed by atoms with Gasteiger partial charge in [-0.05, 0) is 44.2 Å². The highest BCUT2D eigenvalue weighted by molar-refractivity contribution is 5.96. The van der Waals surface area contributed by atoms with Crippen molar-refractivity contribution in [1.29, 1.82) is 0 Å². The number of morpholine rings is 1. The van der Waals surface area contributed by atoms with E-state index < -0.39 is 0 Å². The summed E-state index contributed by atoms with van der Waals surface area (Å²) in [4.78, 5) is 36.0. The van der Waals surface area contributed by atoms with Crippen molar-refractivity contribution in [3.63, 3.8) is 0 Å². The Morgan fingerprint density at radius 2 is 1.56 bits per heavy atom. The summed E-state index contributed by atoms with van der Waals surface area (Å²) in [5.74, 6) is 1.41. The zero-order valence-corrected chi connectivity index (χ0v) is 18.9. The van der Waals surface area contributed by atoms with E-state index in [1.165, 1.54) is 0 Å². The molecule has 2 saturated heterocycles. The van der Waals surface area contributed by atoms with Crippen LogP contribution >= 0.6 is 0 Å². The third kappa shape index (κ3) is 4.85. The van der Waals surface area contributed by atoms with Gasteiger partial charge in [0.05, 0.1) is 24.9 Å². The number of carbonyl (C=O) groups excluding carboxylic acids is 2. The van der Waals surface area contributed by atoms with Crippen molar-refractivity contribution < 1.29 is 19.1 Å². The second-order valence-corrected chi connectivity index (χ2v) is 8.38. The molecule has 4 rings (SSSR count). The van der Waals surface area contributed by atoms with Crippen LogP contribution in [0.3, 0.4) is 0 Å². The van der Waals surface area contributed by atoms with Crippen molar-refractivity contribution in [3.8, 4) is 5.75 Å². The lowest BCUT2D eigenvalue weighted by Crippen LogP contribution is -2.50. The number of aromatic nitrogens is 1. The van der Waals surface area contributed by atoms with E-state index in [4.69, 9.17) is 9.47 Å². The molecule has 32 heavy (non-hydrogen) atoms. The van der Waals surface area contributed by atoms with Gasteiger partial charge in [0.2, 0.25) is 0 Å². The molecule has 0 N–H and O–H groups in total. The third-order valence-corrected chi connectivity index (χ3v) is 5.91. The third-order valence-electron chi connectivity index (χ3n) is 5.91. The predicted molar refractivity (Wildman–Crippen MR) is 121 cm³/mol. The van der Waals surface area contributed by atoms with Crippen LogP contribution in [-0.2, 0) is 4.74 Å². The number of hydrogen-bond donors (Lipinski definition) is 0. The van der Waals surface area contributed by atoms with Crippen LogP contribution < -0.4 is 9.64 Å². The molecule has 1 aromatic heterocycles. The van der Waals surface area contributed by atoms with Gasteiger partial charge in [0.1, 0.15) is 11.6 Å². The maximum absolute atomic E-state index is 13.0. The number of benzene rings is 1. The first-order chi connectivity index (χ1) is 15.4. The minimum atomic E-state index is -0.0544. The number of carbonyl (C=O) groups is 2. The second kappa shape index (κ2) is 9.56. The molecule has 0 radical (unpaired) electrons. The molecule has 170 valence electrons. The highest BCUT2D eigenvalue weighted by Crippen LogP contribution is 2.20. The minimum Gasteiger partial charge on any atom is -0.497 e. The Morgan fingerprint density at radius 1 is 0.938 bits per heavy atom. The number of ether oxygens (including phenoxy) is 2. The van der Waals surface area contributed by atoms with Crippen molar-refractivity contribution in [1.82, 2.24) is 14.8 Å². The van der Waals surface area contributed by atoms with Gasteiger partial charge < -0.3 is 24.2 Å². The standard InChI is InChI=1S/C24H30N4O4/c1-17-15-28(16-18(2)32-17)22-8-7-20(14-25-22)24(30)27-11-9-26(10-12-27)23(29)19-5-4-6-21(13-19)31-3/h4-8,13-14,17-18H,9-12,15-16H2,1-3H3. The molecule has 8 heteroatoms. The minimum absolute atomic E-state index is 0.0454. The molecule has 0 aliphatic carbocycles. The van der Waals surface area contributed by atoms with Crippen LogP contribution in [0, 0.1) is 0 Å².